The van der Waals surface area contributed by atoms with Crippen molar-refractivity contribution in [2.45, 2.75) is 20.0 Å². The van der Waals surface area contributed by atoms with E-state index in [1.165, 1.54) is 9.75 Å². The lowest BCUT2D eigenvalue weighted by Gasteiger charge is -2.07. The fourth-order valence-electron chi connectivity index (χ4n) is 1.72. The highest BCUT2D eigenvalue weighted by Crippen LogP contribution is 2.17. The Bertz CT molecular complexity index is 661. The maximum Gasteiger partial charge on any atom is 0.209 e. The Morgan fingerprint density at radius 3 is 2.30 bits per heavy atom. The summed E-state index contributed by atoms with van der Waals surface area (Å²) >= 11 is 1.78. The number of thiophene rings is 1. The topological polar surface area (TPSA) is 58.2 Å². The zero-order valence-corrected chi connectivity index (χ0v) is 13.1. The van der Waals surface area contributed by atoms with E-state index in [9.17, 15) is 8.42 Å². The quantitative estimate of drug-likeness (QED) is 0.862. The molecule has 0 spiro atoms. The van der Waals surface area contributed by atoms with E-state index in [0.29, 0.717) is 6.54 Å². The van der Waals surface area contributed by atoms with E-state index < -0.39 is 10.0 Å². The molecule has 0 bridgehead atoms. The van der Waals surface area contributed by atoms with Gasteiger partial charge in [0.25, 0.3) is 0 Å². The van der Waals surface area contributed by atoms with Gasteiger partial charge in [-0.25, -0.2) is 13.1 Å². The van der Waals surface area contributed by atoms with Gasteiger partial charge in [0.1, 0.15) is 0 Å². The molecule has 0 unspecified atom stereocenters. The molecule has 4 nitrogen and oxygen atoms in total. The summed E-state index contributed by atoms with van der Waals surface area (Å²) in [6.45, 7) is 3.22. The van der Waals surface area contributed by atoms with Crippen LogP contribution in [0.3, 0.4) is 0 Å². The summed E-state index contributed by atoms with van der Waals surface area (Å²) in [5.41, 5.74) is 1.96. The van der Waals surface area contributed by atoms with Crippen molar-refractivity contribution in [2.75, 3.05) is 11.6 Å². The van der Waals surface area contributed by atoms with E-state index in [0.717, 1.165) is 24.1 Å². The van der Waals surface area contributed by atoms with E-state index in [1.807, 2.05) is 24.3 Å². The van der Waals surface area contributed by atoms with E-state index in [4.69, 9.17) is 0 Å². The molecule has 1 heterocycles. The first-order chi connectivity index (χ1) is 9.42. The molecular formula is C14H18N2O2S2. The van der Waals surface area contributed by atoms with Gasteiger partial charge in [-0.2, -0.15) is 0 Å². The largest absolute Gasteiger partial charge is 0.380 e. The molecule has 0 atom stereocenters. The van der Waals surface area contributed by atoms with Gasteiger partial charge in [0, 0.05) is 28.5 Å². The second-order valence-electron chi connectivity index (χ2n) is 4.66. The predicted octanol–water partition coefficient (Wildman–Crippen LogP) is 2.72. The van der Waals surface area contributed by atoms with Crippen molar-refractivity contribution in [3.63, 3.8) is 0 Å². The molecule has 2 N–H and O–H groups in total. The van der Waals surface area contributed by atoms with Crippen LogP contribution in [0.25, 0.3) is 0 Å². The molecule has 2 rings (SSSR count). The minimum absolute atomic E-state index is 0.323. The van der Waals surface area contributed by atoms with Crippen LogP contribution in [-0.4, -0.2) is 14.7 Å². The Labute approximate surface area is 123 Å². The van der Waals surface area contributed by atoms with Crippen molar-refractivity contribution in [1.82, 2.24) is 4.72 Å². The lowest BCUT2D eigenvalue weighted by molar-refractivity contribution is 0.587. The van der Waals surface area contributed by atoms with Gasteiger partial charge in [0.2, 0.25) is 10.0 Å². The normalized spacial score (nSPS) is 11.5. The fourth-order valence-corrected chi connectivity index (χ4v) is 2.98. The summed E-state index contributed by atoms with van der Waals surface area (Å²) in [6, 6.07) is 12.0. The van der Waals surface area contributed by atoms with Crippen LogP contribution in [0.2, 0.25) is 0 Å². The summed E-state index contributed by atoms with van der Waals surface area (Å²) in [6.07, 6.45) is 1.16. The van der Waals surface area contributed by atoms with Crippen LogP contribution in [0.4, 0.5) is 5.69 Å². The Morgan fingerprint density at radius 2 is 1.75 bits per heavy atom. The Kier molecular flexibility index (Phi) is 4.80. The summed E-state index contributed by atoms with van der Waals surface area (Å²) < 4.78 is 24.5. The molecule has 0 aliphatic heterocycles. The Morgan fingerprint density at radius 1 is 1.05 bits per heavy atom. The van der Waals surface area contributed by atoms with E-state index in [1.54, 1.807) is 11.3 Å². The summed E-state index contributed by atoms with van der Waals surface area (Å²) in [5, 5.41) is 3.35. The van der Waals surface area contributed by atoms with Crippen molar-refractivity contribution in [2.24, 2.45) is 0 Å². The molecule has 2 aromatic rings. The average molecular weight is 310 g/mol. The van der Waals surface area contributed by atoms with E-state index >= 15 is 0 Å². The smallest absolute Gasteiger partial charge is 0.209 e. The number of rotatable bonds is 6. The lowest BCUT2D eigenvalue weighted by atomic mass is 10.2. The maximum atomic E-state index is 11.0. The number of sulfonamides is 1. The Balaban J connectivity index is 1.88. The van der Waals surface area contributed by atoms with Crippen LogP contribution in [0.15, 0.2) is 36.4 Å². The summed E-state index contributed by atoms with van der Waals surface area (Å²) in [4.78, 5) is 2.61. The molecule has 0 amide bonds. The lowest BCUT2D eigenvalue weighted by Crippen LogP contribution is -2.21. The first-order valence-electron chi connectivity index (χ1n) is 6.25. The van der Waals surface area contributed by atoms with Crippen molar-refractivity contribution < 1.29 is 8.42 Å². The van der Waals surface area contributed by atoms with Crippen LogP contribution in [0, 0.1) is 6.92 Å². The molecule has 1 aromatic carbocycles. The van der Waals surface area contributed by atoms with Crippen molar-refractivity contribution in [1.29, 1.82) is 0 Å². The SMILES string of the molecule is Cc1ccc(CNc2ccc(CNS(C)(=O)=O)cc2)s1. The molecule has 0 aliphatic carbocycles. The highest BCUT2D eigenvalue weighted by atomic mass is 32.2. The van der Waals surface area contributed by atoms with Gasteiger partial charge in [-0.05, 0) is 36.8 Å². The van der Waals surface area contributed by atoms with E-state index in [-0.39, 0.29) is 0 Å². The number of aryl methyl sites for hydroxylation is 1. The fraction of sp³-hybridized carbons (Fsp3) is 0.286. The molecule has 0 fully saturated rings. The van der Waals surface area contributed by atoms with Crippen molar-refractivity contribution >= 4 is 27.0 Å². The second kappa shape index (κ2) is 6.39. The highest BCUT2D eigenvalue weighted by molar-refractivity contribution is 7.88. The number of nitrogens with one attached hydrogen (secondary N) is 2. The van der Waals surface area contributed by atoms with Gasteiger partial charge in [0.15, 0.2) is 0 Å². The molecule has 0 aliphatic rings. The van der Waals surface area contributed by atoms with Gasteiger partial charge in [-0.15, -0.1) is 11.3 Å². The number of anilines is 1. The molecule has 6 heteroatoms. The number of hydrogen-bond acceptors (Lipinski definition) is 4. The van der Waals surface area contributed by atoms with Crippen molar-refractivity contribution in [3.05, 3.63) is 51.7 Å². The minimum Gasteiger partial charge on any atom is -0.380 e. The zero-order valence-electron chi connectivity index (χ0n) is 11.5. The third-order valence-corrected chi connectivity index (χ3v) is 4.42. The second-order valence-corrected chi connectivity index (χ2v) is 7.86. The summed E-state index contributed by atoms with van der Waals surface area (Å²) in [7, 11) is -3.14. The van der Waals surface area contributed by atoms with Gasteiger partial charge >= 0.3 is 0 Å². The standard InChI is InChI=1S/C14H18N2O2S2/c1-11-3-8-14(19-11)10-15-13-6-4-12(5-7-13)9-16-20(2,17)18/h3-8,15-16H,9-10H2,1-2H3. The number of benzene rings is 1. The van der Waals surface area contributed by atoms with Crippen LogP contribution in [0.5, 0.6) is 0 Å². The van der Waals surface area contributed by atoms with Crippen LogP contribution >= 0.6 is 11.3 Å². The van der Waals surface area contributed by atoms with Crippen molar-refractivity contribution in [3.8, 4) is 0 Å². The zero-order chi connectivity index (χ0) is 14.6. The summed E-state index contributed by atoms with van der Waals surface area (Å²) in [5.74, 6) is 0. The maximum absolute atomic E-state index is 11.0. The highest BCUT2D eigenvalue weighted by Gasteiger charge is 2.01. The molecule has 1 aromatic heterocycles. The van der Waals surface area contributed by atoms with Crippen LogP contribution < -0.4 is 10.0 Å². The number of hydrogen-bond donors (Lipinski definition) is 2. The van der Waals surface area contributed by atoms with E-state index in [2.05, 4.69) is 29.1 Å². The van der Waals surface area contributed by atoms with Gasteiger partial charge in [0.05, 0.1) is 6.26 Å². The molecule has 20 heavy (non-hydrogen) atoms. The minimum atomic E-state index is -3.14. The first-order valence-corrected chi connectivity index (χ1v) is 8.96. The van der Waals surface area contributed by atoms with Gasteiger partial charge < -0.3 is 5.32 Å². The Hall–Kier alpha value is -1.37. The third kappa shape index (κ3) is 4.96. The van der Waals surface area contributed by atoms with Crippen LogP contribution in [0.1, 0.15) is 15.3 Å². The molecule has 0 radical (unpaired) electrons. The third-order valence-electron chi connectivity index (χ3n) is 2.76. The van der Waals surface area contributed by atoms with Crippen LogP contribution in [-0.2, 0) is 23.1 Å². The predicted molar refractivity (Wildman–Crippen MR) is 84.5 cm³/mol. The van der Waals surface area contributed by atoms with Gasteiger partial charge in [-0.3, -0.25) is 0 Å². The monoisotopic (exact) mass is 310 g/mol. The molecule has 108 valence electrons. The molecule has 0 saturated heterocycles. The molecular weight excluding hydrogens is 292 g/mol. The first kappa shape index (κ1) is 15.0. The van der Waals surface area contributed by atoms with Gasteiger partial charge in [-0.1, -0.05) is 12.1 Å². The average Bonchev–Trinajstić information content (AvgIpc) is 2.80. The molecule has 0 saturated carbocycles.